The molecule has 128 valence electrons. The molecular formula is C19H42NO+. The van der Waals surface area contributed by atoms with Crippen molar-refractivity contribution in [3.8, 4) is 0 Å². The van der Waals surface area contributed by atoms with E-state index in [1.165, 1.54) is 81.9 Å². The van der Waals surface area contributed by atoms with E-state index in [1.807, 2.05) is 0 Å². The van der Waals surface area contributed by atoms with Crippen molar-refractivity contribution < 1.29 is 9.59 Å². The van der Waals surface area contributed by atoms with Crippen LogP contribution in [0.15, 0.2) is 0 Å². The van der Waals surface area contributed by atoms with Crippen molar-refractivity contribution in [3.05, 3.63) is 0 Å². The molecule has 0 aromatic heterocycles. The van der Waals surface area contributed by atoms with E-state index in [9.17, 15) is 5.11 Å². The zero-order chi connectivity index (χ0) is 16.0. The van der Waals surface area contributed by atoms with Gasteiger partial charge in [0.05, 0.1) is 19.6 Å². The molecule has 0 rings (SSSR count). The lowest BCUT2D eigenvalue weighted by Gasteiger charge is -2.40. The molecule has 2 nitrogen and oxygen atoms in total. The molecule has 0 bridgehead atoms. The van der Waals surface area contributed by atoms with Crippen LogP contribution in [-0.2, 0) is 0 Å². The summed E-state index contributed by atoms with van der Waals surface area (Å²) in [6.07, 6.45) is 12.6. The van der Waals surface area contributed by atoms with Crippen molar-refractivity contribution in [2.24, 2.45) is 0 Å². The molecule has 1 N–H and O–H groups in total. The highest BCUT2D eigenvalue weighted by Crippen LogP contribution is 2.18. The lowest BCUT2D eigenvalue weighted by molar-refractivity contribution is -0.931. The predicted octanol–water partition coefficient (Wildman–Crippen LogP) is 5.14. The number of quaternary nitrogens is 1. The molecule has 0 aromatic carbocycles. The summed E-state index contributed by atoms with van der Waals surface area (Å²) in [7, 11) is 0. The van der Waals surface area contributed by atoms with Crippen molar-refractivity contribution in [1.82, 2.24) is 0 Å². The molecule has 0 aliphatic heterocycles. The van der Waals surface area contributed by atoms with Crippen LogP contribution in [0.2, 0.25) is 0 Å². The van der Waals surface area contributed by atoms with Crippen molar-refractivity contribution >= 4 is 0 Å². The Labute approximate surface area is 134 Å². The van der Waals surface area contributed by atoms with Gasteiger partial charge < -0.3 is 9.59 Å². The largest absolute Gasteiger partial charge is 0.387 e. The van der Waals surface area contributed by atoms with Crippen LogP contribution in [0.1, 0.15) is 91.9 Å². The number of nitrogens with zero attached hydrogens (tertiary/aromatic N) is 1. The lowest BCUT2D eigenvalue weighted by atomic mass is 10.1. The zero-order valence-electron chi connectivity index (χ0n) is 15.4. The number of hydrogen-bond acceptors (Lipinski definition) is 1. The van der Waals surface area contributed by atoms with E-state index >= 15 is 0 Å². The first kappa shape index (κ1) is 20.9. The first-order valence-electron chi connectivity index (χ1n) is 9.67. The number of rotatable bonds is 15. The molecule has 21 heavy (non-hydrogen) atoms. The van der Waals surface area contributed by atoms with Crippen LogP contribution in [0.4, 0.5) is 0 Å². The zero-order valence-corrected chi connectivity index (χ0v) is 15.4. The van der Waals surface area contributed by atoms with Crippen LogP contribution < -0.4 is 0 Å². The van der Waals surface area contributed by atoms with Crippen molar-refractivity contribution in [2.75, 3.05) is 26.2 Å². The molecule has 0 saturated carbocycles. The summed E-state index contributed by atoms with van der Waals surface area (Å²) in [4.78, 5) is 0. The van der Waals surface area contributed by atoms with Gasteiger partial charge in [-0.25, -0.2) is 0 Å². The Hall–Kier alpha value is -0.0800. The lowest BCUT2D eigenvalue weighted by Crippen LogP contribution is -2.54. The molecule has 0 aromatic rings. The average Bonchev–Trinajstić information content (AvgIpc) is 2.48. The summed E-state index contributed by atoms with van der Waals surface area (Å²) >= 11 is 0. The second kappa shape index (κ2) is 13.6. The summed E-state index contributed by atoms with van der Waals surface area (Å²) in [5.74, 6) is 0. The molecule has 0 amide bonds. The van der Waals surface area contributed by atoms with Gasteiger partial charge in [-0.15, -0.1) is 0 Å². The average molecular weight is 301 g/mol. The Kier molecular flexibility index (Phi) is 13.5. The molecule has 1 unspecified atom stereocenters. The molecule has 0 heterocycles. The topological polar surface area (TPSA) is 20.2 Å². The highest BCUT2D eigenvalue weighted by Gasteiger charge is 2.28. The molecule has 0 aliphatic carbocycles. The third-order valence-electron chi connectivity index (χ3n) is 4.78. The van der Waals surface area contributed by atoms with Gasteiger partial charge in [0, 0.05) is 0 Å². The molecular weight excluding hydrogens is 258 g/mol. The molecule has 1 atom stereocenters. The molecule has 0 aliphatic rings. The van der Waals surface area contributed by atoms with Gasteiger partial charge in [-0.3, -0.25) is 0 Å². The number of aliphatic hydroxyl groups is 1. The Balaban J connectivity index is 4.69. The molecule has 0 saturated heterocycles. The van der Waals surface area contributed by atoms with E-state index in [1.54, 1.807) is 0 Å². The minimum absolute atomic E-state index is 0.116. The van der Waals surface area contributed by atoms with Gasteiger partial charge in [0.25, 0.3) is 0 Å². The van der Waals surface area contributed by atoms with Crippen LogP contribution in [0.5, 0.6) is 0 Å². The predicted molar refractivity (Wildman–Crippen MR) is 94.6 cm³/mol. The van der Waals surface area contributed by atoms with E-state index < -0.39 is 0 Å². The summed E-state index contributed by atoms with van der Waals surface area (Å²) in [6, 6.07) is 0. The van der Waals surface area contributed by atoms with Gasteiger partial charge in [0.15, 0.2) is 0 Å². The Morgan fingerprint density at radius 3 is 1.33 bits per heavy atom. The van der Waals surface area contributed by atoms with Crippen molar-refractivity contribution in [2.45, 2.75) is 98.0 Å². The van der Waals surface area contributed by atoms with E-state index in [0.717, 1.165) is 13.0 Å². The standard InChI is InChI=1S/C19H42NO/c1-5-9-12-15-20(16-13-10-6-2,17-14-11-7-3)18-19(21)8-4/h19,21H,5-18H2,1-4H3/q+1. The number of hydrogen-bond donors (Lipinski definition) is 1. The number of unbranched alkanes of at least 4 members (excludes halogenated alkanes) is 6. The maximum atomic E-state index is 10.2. The van der Waals surface area contributed by atoms with Gasteiger partial charge in [0.2, 0.25) is 0 Å². The van der Waals surface area contributed by atoms with E-state index in [2.05, 4.69) is 27.7 Å². The third kappa shape index (κ3) is 10.3. The smallest absolute Gasteiger partial charge is 0.105 e. The summed E-state index contributed by atoms with van der Waals surface area (Å²) < 4.78 is 1.18. The molecule has 2 heteroatoms. The van der Waals surface area contributed by atoms with Gasteiger partial charge in [0.1, 0.15) is 12.6 Å². The highest BCUT2D eigenvalue weighted by molar-refractivity contribution is 4.56. The molecule has 0 fully saturated rings. The van der Waals surface area contributed by atoms with E-state index in [0.29, 0.717) is 0 Å². The van der Waals surface area contributed by atoms with E-state index in [4.69, 9.17) is 0 Å². The van der Waals surface area contributed by atoms with Crippen LogP contribution in [0, 0.1) is 0 Å². The van der Waals surface area contributed by atoms with Gasteiger partial charge in [-0.1, -0.05) is 47.0 Å². The highest BCUT2D eigenvalue weighted by atomic mass is 16.3. The van der Waals surface area contributed by atoms with Crippen molar-refractivity contribution in [1.29, 1.82) is 0 Å². The minimum Gasteiger partial charge on any atom is -0.387 e. The normalized spacial score (nSPS) is 13.6. The molecule has 0 radical (unpaired) electrons. The first-order valence-corrected chi connectivity index (χ1v) is 9.67. The fourth-order valence-corrected chi connectivity index (χ4v) is 3.28. The summed E-state index contributed by atoms with van der Waals surface area (Å²) in [6.45, 7) is 13.8. The summed E-state index contributed by atoms with van der Waals surface area (Å²) in [5.41, 5.74) is 0. The van der Waals surface area contributed by atoms with Crippen LogP contribution in [0.3, 0.4) is 0 Å². The van der Waals surface area contributed by atoms with Crippen LogP contribution in [0.25, 0.3) is 0 Å². The Morgan fingerprint density at radius 2 is 1.05 bits per heavy atom. The maximum Gasteiger partial charge on any atom is 0.105 e. The monoisotopic (exact) mass is 300 g/mol. The van der Waals surface area contributed by atoms with Crippen molar-refractivity contribution in [3.63, 3.8) is 0 Å². The fraction of sp³-hybridized carbons (Fsp3) is 1.00. The third-order valence-corrected chi connectivity index (χ3v) is 4.78. The SMILES string of the molecule is CCCCC[N+](CCCCC)(CCCCC)CC(O)CC. The fourth-order valence-electron chi connectivity index (χ4n) is 3.28. The van der Waals surface area contributed by atoms with Gasteiger partial charge in [-0.05, 0) is 44.9 Å². The quantitative estimate of drug-likeness (QED) is 0.328. The van der Waals surface area contributed by atoms with Gasteiger partial charge >= 0.3 is 0 Å². The van der Waals surface area contributed by atoms with Crippen LogP contribution in [-0.4, -0.2) is 41.9 Å². The first-order chi connectivity index (χ1) is 10.1. The summed E-state index contributed by atoms with van der Waals surface area (Å²) in [5, 5.41) is 10.2. The van der Waals surface area contributed by atoms with Crippen LogP contribution >= 0.6 is 0 Å². The Bertz CT molecular complexity index is 191. The second-order valence-electron chi connectivity index (χ2n) is 6.88. The van der Waals surface area contributed by atoms with Gasteiger partial charge in [-0.2, -0.15) is 0 Å². The van der Waals surface area contributed by atoms with E-state index in [-0.39, 0.29) is 6.10 Å². The second-order valence-corrected chi connectivity index (χ2v) is 6.88. The Morgan fingerprint density at radius 1 is 0.667 bits per heavy atom. The molecule has 0 spiro atoms. The number of aliphatic hydroxyl groups excluding tert-OH is 1. The minimum atomic E-state index is -0.116. The maximum absolute atomic E-state index is 10.2.